The average Bonchev–Trinajstić information content (AvgIpc) is 2.74. The van der Waals surface area contributed by atoms with Crippen LogP contribution in [-0.4, -0.2) is 23.2 Å². The first kappa shape index (κ1) is 18.6. The lowest BCUT2D eigenvalue weighted by Crippen LogP contribution is -2.30. The van der Waals surface area contributed by atoms with Gasteiger partial charge in [-0.05, 0) is 19.1 Å². The van der Waals surface area contributed by atoms with Crippen molar-refractivity contribution in [3.63, 3.8) is 0 Å². The largest absolute Gasteiger partial charge is 0.478 e. The van der Waals surface area contributed by atoms with E-state index in [4.69, 9.17) is 23.2 Å². The molecule has 0 aliphatic rings. The number of carbonyl (C=O) groups is 2. The molecule has 1 aromatic heterocycles. The summed E-state index contributed by atoms with van der Waals surface area (Å²) in [7, 11) is 0. The van der Waals surface area contributed by atoms with Crippen LogP contribution in [0.4, 0.5) is 18.2 Å². The van der Waals surface area contributed by atoms with Crippen molar-refractivity contribution < 1.29 is 27.9 Å². The van der Waals surface area contributed by atoms with Gasteiger partial charge < -0.3 is 10.4 Å². The molecule has 0 aliphatic carbocycles. The van der Waals surface area contributed by atoms with Crippen molar-refractivity contribution in [3.8, 4) is 11.1 Å². The fourth-order valence-corrected chi connectivity index (χ4v) is 3.59. The van der Waals surface area contributed by atoms with Gasteiger partial charge in [0.25, 0.3) is 0 Å². The molecule has 2 rings (SSSR count). The SMILES string of the molecule is Cc1sc(NC(=O)C(F)(F)F)c(C(=O)O)c1-c1ccc(Cl)cc1Cl. The van der Waals surface area contributed by atoms with Crippen molar-refractivity contribution in [1.29, 1.82) is 0 Å². The number of nitrogens with one attached hydrogen (secondary N) is 1. The fourth-order valence-electron chi connectivity index (χ4n) is 2.03. The molecule has 2 aromatic rings. The van der Waals surface area contributed by atoms with Crippen LogP contribution < -0.4 is 5.32 Å². The second-order valence-electron chi connectivity index (χ2n) is 4.62. The lowest BCUT2D eigenvalue weighted by molar-refractivity contribution is -0.167. The van der Waals surface area contributed by atoms with Crippen LogP contribution in [0.1, 0.15) is 15.2 Å². The van der Waals surface area contributed by atoms with Gasteiger partial charge in [-0.25, -0.2) is 4.79 Å². The number of halogens is 5. The Bertz CT molecular complexity index is 833. The average molecular weight is 398 g/mol. The molecule has 0 saturated heterocycles. The van der Waals surface area contributed by atoms with E-state index in [1.165, 1.54) is 25.1 Å². The van der Waals surface area contributed by atoms with Crippen molar-refractivity contribution in [3.05, 3.63) is 38.7 Å². The van der Waals surface area contributed by atoms with Gasteiger partial charge in [-0.3, -0.25) is 4.79 Å². The molecule has 10 heteroatoms. The van der Waals surface area contributed by atoms with E-state index in [0.29, 0.717) is 15.5 Å². The summed E-state index contributed by atoms with van der Waals surface area (Å²) in [5, 5.41) is 11.0. The number of amides is 1. The molecule has 0 saturated carbocycles. The molecule has 0 spiro atoms. The number of aryl methyl sites for hydroxylation is 1. The maximum atomic E-state index is 12.4. The summed E-state index contributed by atoms with van der Waals surface area (Å²) < 4.78 is 37.2. The van der Waals surface area contributed by atoms with Gasteiger partial charge in [-0.1, -0.05) is 29.3 Å². The van der Waals surface area contributed by atoms with Crippen LogP contribution in [0.15, 0.2) is 18.2 Å². The highest BCUT2D eigenvalue weighted by atomic mass is 35.5. The van der Waals surface area contributed by atoms with E-state index >= 15 is 0 Å². The summed E-state index contributed by atoms with van der Waals surface area (Å²) in [5.41, 5.74) is -0.0364. The van der Waals surface area contributed by atoms with E-state index in [1.54, 1.807) is 5.32 Å². The molecule has 0 atom stereocenters. The van der Waals surface area contributed by atoms with Crippen molar-refractivity contribution in [2.45, 2.75) is 13.1 Å². The lowest BCUT2D eigenvalue weighted by Gasteiger charge is -2.09. The number of carboxylic acids is 1. The van der Waals surface area contributed by atoms with E-state index in [9.17, 15) is 27.9 Å². The quantitative estimate of drug-likeness (QED) is 0.744. The van der Waals surface area contributed by atoms with Crippen LogP contribution in [0.5, 0.6) is 0 Å². The minimum atomic E-state index is -5.13. The molecular weight excluding hydrogens is 390 g/mol. The van der Waals surface area contributed by atoms with Gasteiger partial charge in [0, 0.05) is 26.0 Å². The summed E-state index contributed by atoms with van der Waals surface area (Å²) in [6.45, 7) is 1.51. The lowest BCUT2D eigenvalue weighted by atomic mass is 10.0. The molecule has 0 bridgehead atoms. The fraction of sp³-hybridized carbons (Fsp3) is 0.143. The third-order valence-electron chi connectivity index (χ3n) is 2.98. The monoisotopic (exact) mass is 397 g/mol. The Kier molecular flexibility index (Phi) is 5.12. The molecule has 0 unspecified atom stereocenters. The zero-order valence-corrected chi connectivity index (χ0v) is 14.1. The van der Waals surface area contributed by atoms with Crippen LogP contribution in [0.25, 0.3) is 11.1 Å². The van der Waals surface area contributed by atoms with Gasteiger partial charge in [0.1, 0.15) is 10.6 Å². The highest BCUT2D eigenvalue weighted by Crippen LogP contribution is 2.43. The van der Waals surface area contributed by atoms with E-state index < -0.39 is 28.6 Å². The smallest absolute Gasteiger partial charge is 0.471 e. The van der Waals surface area contributed by atoms with Gasteiger partial charge in [0.2, 0.25) is 0 Å². The molecule has 4 nitrogen and oxygen atoms in total. The molecule has 1 amide bonds. The predicted molar refractivity (Wildman–Crippen MR) is 86.2 cm³/mol. The first-order valence-electron chi connectivity index (χ1n) is 6.22. The Morgan fingerprint density at radius 2 is 1.88 bits per heavy atom. The Morgan fingerprint density at radius 1 is 1.25 bits per heavy atom. The third kappa shape index (κ3) is 3.66. The molecule has 2 N–H and O–H groups in total. The van der Waals surface area contributed by atoms with Crippen LogP contribution in [0.2, 0.25) is 10.0 Å². The summed E-state index contributed by atoms with van der Waals surface area (Å²) in [6, 6.07) is 4.32. The summed E-state index contributed by atoms with van der Waals surface area (Å²) in [5.74, 6) is -3.74. The van der Waals surface area contributed by atoms with E-state index in [1.807, 2.05) is 0 Å². The van der Waals surface area contributed by atoms with Crippen molar-refractivity contribution in [2.75, 3.05) is 5.32 Å². The molecule has 1 heterocycles. The number of thiophene rings is 1. The Hall–Kier alpha value is -1.77. The van der Waals surface area contributed by atoms with Gasteiger partial charge in [0.05, 0.1) is 0 Å². The number of benzene rings is 1. The number of anilines is 1. The summed E-state index contributed by atoms with van der Waals surface area (Å²) in [6.07, 6.45) is -5.13. The number of rotatable bonds is 3. The number of alkyl halides is 3. The van der Waals surface area contributed by atoms with E-state index in [-0.39, 0.29) is 10.6 Å². The highest BCUT2D eigenvalue weighted by Gasteiger charge is 2.40. The van der Waals surface area contributed by atoms with Crippen molar-refractivity contribution in [2.24, 2.45) is 0 Å². The highest BCUT2D eigenvalue weighted by molar-refractivity contribution is 7.17. The normalized spacial score (nSPS) is 11.4. The maximum Gasteiger partial charge on any atom is 0.471 e. The zero-order valence-electron chi connectivity index (χ0n) is 11.8. The molecule has 0 aliphatic heterocycles. The summed E-state index contributed by atoms with van der Waals surface area (Å²) in [4.78, 5) is 23.0. The second kappa shape index (κ2) is 6.62. The maximum absolute atomic E-state index is 12.4. The topological polar surface area (TPSA) is 66.4 Å². The summed E-state index contributed by atoms with van der Waals surface area (Å²) >= 11 is 12.6. The predicted octanol–water partition coefficient (Wildman–Crippen LogP) is 5.23. The third-order valence-corrected chi connectivity index (χ3v) is 4.55. The molecule has 1 aromatic carbocycles. The molecule has 24 heavy (non-hydrogen) atoms. The van der Waals surface area contributed by atoms with E-state index in [2.05, 4.69) is 0 Å². The van der Waals surface area contributed by atoms with Crippen LogP contribution in [0, 0.1) is 6.92 Å². The first-order chi connectivity index (χ1) is 11.0. The standard InChI is InChI=1S/C14H8Cl2F3NO3S/c1-5-9(7-3-2-6(15)4-8(7)16)10(12(21)22)11(24-5)20-13(23)14(17,18)19/h2-4H,1H3,(H,20,23)(H,21,22). The van der Waals surface area contributed by atoms with Crippen LogP contribution in [0.3, 0.4) is 0 Å². The van der Waals surface area contributed by atoms with Gasteiger partial charge >= 0.3 is 18.1 Å². The number of carbonyl (C=O) groups excluding carboxylic acids is 1. The minimum absolute atomic E-state index is 0.131. The number of aromatic carboxylic acids is 1. The van der Waals surface area contributed by atoms with Crippen molar-refractivity contribution >= 4 is 51.4 Å². The van der Waals surface area contributed by atoms with Crippen molar-refractivity contribution in [1.82, 2.24) is 0 Å². The number of hydrogen-bond acceptors (Lipinski definition) is 3. The Labute approximate surface area is 147 Å². The van der Waals surface area contributed by atoms with Gasteiger partial charge in [-0.15, -0.1) is 11.3 Å². The zero-order chi connectivity index (χ0) is 18.2. The number of hydrogen-bond donors (Lipinski definition) is 2. The molecule has 128 valence electrons. The Morgan fingerprint density at radius 3 is 2.38 bits per heavy atom. The molecule has 0 fully saturated rings. The van der Waals surface area contributed by atoms with Crippen LogP contribution >= 0.6 is 34.5 Å². The minimum Gasteiger partial charge on any atom is -0.478 e. The van der Waals surface area contributed by atoms with Crippen LogP contribution in [-0.2, 0) is 4.79 Å². The second-order valence-corrected chi connectivity index (χ2v) is 6.69. The van der Waals surface area contributed by atoms with Gasteiger partial charge in [0.15, 0.2) is 0 Å². The molecule has 0 radical (unpaired) electrons. The van der Waals surface area contributed by atoms with Gasteiger partial charge in [-0.2, -0.15) is 13.2 Å². The Balaban J connectivity index is 2.62. The first-order valence-corrected chi connectivity index (χ1v) is 7.80. The molecular formula is C14H8Cl2F3NO3S. The number of carboxylic acid groups (broad SMARTS) is 1. The van der Waals surface area contributed by atoms with E-state index in [0.717, 1.165) is 11.3 Å².